The second-order valence-electron chi connectivity index (χ2n) is 6.29. The Kier molecular flexibility index (Phi) is 4.06. The van der Waals surface area contributed by atoms with Crippen molar-refractivity contribution in [2.24, 2.45) is 0 Å². The van der Waals surface area contributed by atoms with Gasteiger partial charge in [0.25, 0.3) is 5.91 Å². The van der Waals surface area contributed by atoms with Gasteiger partial charge in [-0.15, -0.1) is 22.7 Å². The number of fused-ring (bicyclic) bond motifs is 1. The number of aromatic amines is 1. The third kappa shape index (κ3) is 2.96. The summed E-state index contributed by atoms with van der Waals surface area (Å²) in [6.45, 7) is 1.29. The van der Waals surface area contributed by atoms with E-state index in [9.17, 15) is 4.79 Å². The monoisotopic (exact) mass is 393 g/mol. The molecule has 8 heteroatoms. The van der Waals surface area contributed by atoms with Crippen LogP contribution >= 0.6 is 22.7 Å². The molecule has 134 valence electrons. The lowest BCUT2D eigenvalue weighted by molar-refractivity contribution is 0.0780. The largest absolute Gasteiger partial charge is 0.334 e. The van der Waals surface area contributed by atoms with E-state index in [1.165, 1.54) is 0 Å². The fraction of sp³-hybridized carbons (Fsp3) is 0.158. The van der Waals surface area contributed by atoms with Gasteiger partial charge in [-0.1, -0.05) is 12.1 Å². The van der Waals surface area contributed by atoms with Crippen molar-refractivity contribution in [3.05, 3.63) is 64.4 Å². The summed E-state index contributed by atoms with van der Waals surface area (Å²) < 4.78 is 0. The lowest BCUT2D eigenvalue weighted by Crippen LogP contribution is -2.26. The maximum atomic E-state index is 12.8. The van der Waals surface area contributed by atoms with Crippen molar-refractivity contribution >= 4 is 28.6 Å². The molecule has 1 amide bonds. The molecule has 1 aliphatic rings. The Bertz CT molecular complexity index is 1090. The summed E-state index contributed by atoms with van der Waals surface area (Å²) in [7, 11) is 0. The molecule has 0 aliphatic carbocycles. The van der Waals surface area contributed by atoms with Gasteiger partial charge >= 0.3 is 0 Å². The summed E-state index contributed by atoms with van der Waals surface area (Å²) in [6, 6.07) is 7.85. The number of rotatable bonds is 5. The number of benzene rings is 1. The number of aromatic nitrogens is 4. The van der Waals surface area contributed by atoms with E-state index in [4.69, 9.17) is 0 Å². The van der Waals surface area contributed by atoms with Gasteiger partial charge in [-0.3, -0.25) is 14.9 Å². The summed E-state index contributed by atoms with van der Waals surface area (Å²) in [4.78, 5) is 24.6. The summed E-state index contributed by atoms with van der Waals surface area (Å²) in [5, 5.41) is 9.87. The van der Waals surface area contributed by atoms with Crippen LogP contribution in [0.3, 0.4) is 0 Å². The van der Waals surface area contributed by atoms with Crippen LogP contribution in [-0.2, 0) is 13.0 Å². The highest BCUT2D eigenvalue weighted by molar-refractivity contribution is 7.13. The van der Waals surface area contributed by atoms with Gasteiger partial charge in [0.05, 0.1) is 21.8 Å². The molecule has 0 saturated heterocycles. The van der Waals surface area contributed by atoms with Crippen molar-refractivity contribution in [3.63, 3.8) is 0 Å². The average molecular weight is 393 g/mol. The van der Waals surface area contributed by atoms with E-state index in [0.717, 1.165) is 44.4 Å². The second-order valence-corrected chi connectivity index (χ2v) is 8.03. The van der Waals surface area contributed by atoms with Crippen LogP contribution in [0.15, 0.2) is 47.5 Å². The molecule has 0 bridgehead atoms. The van der Waals surface area contributed by atoms with Gasteiger partial charge in [0, 0.05) is 42.8 Å². The topological polar surface area (TPSA) is 74.8 Å². The smallest absolute Gasteiger partial charge is 0.254 e. The van der Waals surface area contributed by atoms with Crippen LogP contribution in [0.5, 0.6) is 0 Å². The first-order chi connectivity index (χ1) is 13.3. The summed E-state index contributed by atoms with van der Waals surface area (Å²) in [6.07, 6.45) is 4.32. The van der Waals surface area contributed by atoms with Crippen LogP contribution in [0, 0.1) is 0 Å². The van der Waals surface area contributed by atoms with E-state index in [2.05, 4.69) is 26.2 Å². The molecule has 4 aromatic rings. The van der Waals surface area contributed by atoms with Gasteiger partial charge in [0.1, 0.15) is 5.01 Å². The van der Waals surface area contributed by atoms with Crippen LogP contribution in [0.1, 0.15) is 21.6 Å². The normalized spacial score (nSPS) is 13.3. The van der Waals surface area contributed by atoms with Gasteiger partial charge < -0.3 is 4.90 Å². The highest BCUT2D eigenvalue weighted by atomic mass is 32.1. The lowest BCUT2D eigenvalue weighted by atomic mass is 10.0. The molecule has 1 aromatic carbocycles. The molecule has 6 nitrogen and oxygen atoms in total. The molecule has 0 spiro atoms. The molecule has 4 heterocycles. The molecule has 0 atom stereocenters. The predicted octanol–water partition coefficient (Wildman–Crippen LogP) is 3.86. The number of hydrogen-bond donors (Lipinski definition) is 1. The molecule has 0 saturated carbocycles. The zero-order chi connectivity index (χ0) is 18.2. The minimum atomic E-state index is 0.0976. The maximum absolute atomic E-state index is 12.8. The van der Waals surface area contributed by atoms with E-state index >= 15 is 0 Å². The van der Waals surface area contributed by atoms with Crippen LogP contribution in [0.4, 0.5) is 0 Å². The van der Waals surface area contributed by atoms with Gasteiger partial charge in [-0.2, -0.15) is 5.10 Å². The number of H-pyrrole nitrogens is 1. The number of carbonyl (C=O) groups excluding carboxylic acids is 1. The van der Waals surface area contributed by atoms with Crippen LogP contribution in [0.2, 0.25) is 0 Å². The van der Waals surface area contributed by atoms with Crippen molar-refractivity contribution < 1.29 is 4.79 Å². The lowest BCUT2D eigenvalue weighted by Gasteiger charge is -2.14. The van der Waals surface area contributed by atoms with Gasteiger partial charge in [-0.05, 0) is 23.3 Å². The first kappa shape index (κ1) is 16.3. The van der Waals surface area contributed by atoms with E-state index in [0.29, 0.717) is 13.1 Å². The summed E-state index contributed by atoms with van der Waals surface area (Å²) in [5.41, 5.74) is 6.76. The molecule has 5 rings (SSSR count). The summed E-state index contributed by atoms with van der Waals surface area (Å²) >= 11 is 3.19. The Morgan fingerprint density at radius 1 is 1.19 bits per heavy atom. The Balaban J connectivity index is 1.32. The van der Waals surface area contributed by atoms with Crippen molar-refractivity contribution in [3.8, 4) is 21.1 Å². The molecule has 0 unspecified atom stereocenters. The van der Waals surface area contributed by atoms with E-state index in [-0.39, 0.29) is 5.91 Å². The van der Waals surface area contributed by atoms with E-state index < -0.39 is 0 Å². The third-order valence-corrected chi connectivity index (χ3v) is 6.39. The fourth-order valence-electron chi connectivity index (χ4n) is 3.32. The number of nitrogens with one attached hydrogen (secondary N) is 1. The van der Waals surface area contributed by atoms with E-state index in [1.54, 1.807) is 28.9 Å². The Labute approximate surface area is 163 Å². The number of hydrogen-bond acceptors (Lipinski definition) is 6. The quantitative estimate of drug-likeness (QED) is 0.559. The molecule has 1 N–H and O–H groups in total. The molecule has 0 fully saturated rings. The third-order valence-electron chi connectivity index (χ3n) is 4.66. The molecule has 1 aliphatic heterocycles. The first-order valence-corrected chi connectivity index (χ1v) is 10.3. The van der Waals surface area contributed by atoms with Crippen LogP contribution in [0.25, 0.3) is 21.1 Å². The average Bonchev–Trinajstić information content (AvgIpc) is 3.46. The SMILES string of the molecule is O=C1c2cccc(-c3cncs3)c2CN1CCc1csc(-c2ccn[nH]2)n1. The summed E-state index contributed by atoms with van der Waals surface area (Å²) in [5.74, 6) is 0.0976. The van der Waals surface area contributed by atoms with Crippen molar-refractivity contribution in [1.29, 1.82) is 0 Å². The Morgan fingerprint density at radius 3 is 2.93 bits per heavy atom. The van der Waals surface area contributed by atoms with Crippen molar-refractivity contribution in [2.45, 2.75) is 13.0 Å². The minimum Gasteiger partial charge on any atom is -0.334 e. The highest BCUT2D eigenvalue weighted by Gasteiger charge is 2.29. The Morgan fingerprint density at radius 2 is 2.11 bits per heavy atom. The minimum absolute atomic E-state index is 0.0976. The zero-order valence-electron chi connectivity index (χ0n) is 14.3. The zero-order valence-corrected chi connectivity index (χ0v) is 15.9. The number of nitrogens with zero attached hydrogens (tertiary/aromatic N) is 4. The molecule has 3 aromatic heterocycles. The highest BCUT2D eigenvalue weighted by Crippen LogP contribution is 2.34. The second kappa shape index (κ2) is 6.71. The van der Waals surface area contributed by atoms with Crippen LogP contribution in [-0.4, -0.2) is 37.5 Å². The number of thiazole rings is 2. The predicted molar refractivity (Wildman–Crippen MR) is 106 cm³/mol. The van der Waals surface area contributed by atoms with Gasteiger partial charge in [0.15, 0.2) is 0 Å². The van der Waals surface area contributed by atoms with Gasteiger partial charge in [0.2, 0.25) is 0 Å². The van der Waals surface area contributed by atoms with Gasteiger partial charge in [-0.25, -0.2) is 4.98 Å². The molecule has 27 heavy (non-hydrogen) atoms. The number of amides is 1. The van der Waals surface area contributed by atoms with Crippen molar-refractivity contribution in [1.82, 2.24) is 25.1 Å². The maximum Gasteiger partial charge on any atom is 0.254 e. The van der Waals surface area contributed by atoms with Crippen molar-refractivity contribution in [2.75, 3.05) is 6.54 Å². The number of carbonyl (C=O) groups is 1. The fourth-order valence-corrected chi connectivity index (χ4v) is 4.82. The first-order valence-electron chi connectivity index (χ1n) is 8.54. The molecular formula is C19H15N5OS2. The molecular weight excluding hydrogens is 378 g/mol. The Hall–Kier alpha value is -2.84. The van der Waals surface area contributed by atoms with E-state index in [1.807, 2.05) is 40.2 Å². The molecule has 0 radical (unpaired) electrons. The standard InChI is InChI=1S/C19H15N5OS2/c25-19-14-3-1-2-13(17-8-20-11-27-17)15(14)9-24(19)7-5-12-10-26-18(22-12)16-4-6-21-23-16/h1-4,6,8,10-11H,5,7,9H2,(H,21,23). The van der Waals surface area contributed by atoms with Crippen LogP contribution < -0.4 is 0 Å².